The van der Waals surface area contributed by atoms with Crippen LogP contribution in [0.25, 0.3) is 10.9 Å². The van der Waals surface area contributed by atoms with Gasteiger partial charge in [-0.1, -0.05) is 60.7 Å². The maximum atomic E-state index is 12.1. The minimum absolute atomic E-state index is 0.214. The van der Waals surface area contributed by atoms with Gasteiger partial charge < -0.3 is 31.2 Å². The third-order valence-corrected chi connectivity index (χ3v) is 7.04. The molecule has 7 heteroatoms. The molecule has 0 unspecified atom stereocenters. The van der Waals surface area contributed by atoms with Crippen molar-refractivity contribution < 1.29 is 9.84 Å². The van der Waals surface area contributed by atoms with Crippen molar-refractivity contribution in [2.24, 2.45) is 5.73 Å². The molecule has 0 saturated heterocycles. The summed E-state index contributed by atoms with van der Waals surface area (Å²) in [5, 5.41) is 18.6. The predicted molar refractivity (Wildman–Crippen MR) is 166 cm³/mol. The number of benzene rings is 4. The fourth-order valence-electron chi connectivity index (χ4n) is 4.82. The van der Waals surface area contributed by atoms with E-state index >= 15 is 0 Å². The van der Waals surface area contributed by atoms with Crippen LogP contribution >= 0.6 is 0 Å². The number of hydrogen-bond acceptors (Lipinski definition) is 6. The first-order chi connectivity index (χ1) is 20.1. The number of aromatic amines is 1. The molecular weight excluding hydrogens is 512 g/mol. The van der Waals surface area contributed by atoms with Gasteiger partial charge in [0.1, 0.15) is 12.4 Å². The first kappa shape index (κ1) is 28.1. The van der Waals surface area contributed by atoms with Gasteiger partial charge in [0.15, 0.2) is 0 Å². The molecule has 41 heavy (non-hydrogen) atoms. The fourth-order valence-corrected chi connectivity index (χ4v) is 4.82. The summed E-state index contributed by atoms with van der Waals surface area (Å²) in [5.74, 6) is 0.576. The van der Waals surface area contributed by atoms with Gasteiger partial charge in [0.25, 0.3) is 0 Å². The second kappa shape index (κ2) is 13.8. The summed E-state index contributed by atoms with van der Waals surface area (Å²) >= 11 is 0. The first-order valence-electron chi connectivity index (χ1n) is 14.0. The molecule has 0 aliphatic carbocycles. The lowest BCUT2D eigenvalue weighted by Crippen LogP contribution is -2.24. The lowest BCUT2D eigenvalue weighted by Gasteiger charge is -2.17. The maximum Gasteiger partial charge on any atom is 0.248 e. The van der Waals surface area contributed by atoms with Gasteiger partial charge in [0.2, 0.25) is 5.56 Å². The molecule has 0 radical (unpaired) electrons. The number of ether oxygens (including phenoxy) is 1. The zero-order valence-corrected chi connectivity index (χ0v) is 23.0. The van der Waals surface area contributed by atoms with Crippen LogP contribution in [0.15, 0.2) is 108 Å². The average molecular weight is 549 g/mol. The number of rotatable bonds is 13. The van der Waals surface area contributed by atoms with Crippen molar-refractivity contribution in [2.45, 2.75) is 25.6 Å². The molecule has 0 saturated carbocycles. The number of aliphatic hydroxyl groups excluding tert-OH is 1. The number of nitrogens with two attached hydrogens (primary N) is 1. The van der Waals surface area contributed by atoms with Crippen molar-refractivity contribution in [3.8, 4) is 5.75 Å². The molecular formula is C34H36N4O3. The van der Waals surface area contributed by atoms with Crippen LogP contribution in [-0.2, 0) is 19.4 Å². The Labute approximate surface area is 240 Å². The molecule has 1 aromatic heterocycles. The van der Waals surface area contributed by atoms with E-state index in [9.17, 15) is 9.90 Å². The van der Waals surface area contributed by atoms with Crippen LogP contribution in [-0.4, -0.2) is 29.7 Å². The summed E-state index contributed by atoms with van der Waals surface area (Å²) in [6.45, 7) is 2.15. The van der Waals surface area contributed by atoms with Crippen molar-refractivity contribution in [3.05, 3.63) is 136 Å². The predicted octanol–water partition coefficient (Wildman–Crippen LogP) is 5.22. The largest absolute Gasteiger partial charge is 0.487 e. The highest BCUT2D eigenvalue weighted by atomic mass is 16.5. The Morgan fingerprint density at radius 1 is 0.780 bits per heavy atom. The Bertz CT molecular complexity index is 1600. The van der Waals surface area contributed by atoms with Gasteiger partial charge in [-0.25, -0.2) is 0 Å². The van der Waals surface area contributed by atoms with E-state index in [1.807, 2.05) is 42.5 Å². The molecule has 1 heterocycles. The van der Waals surface area contributed by atoms with E-state index < -0.39 is 6.10 Å². The van der Waals surface area contributed by atoms with Gasteiger partial charge in [-0.15, -0.1) is 0 Å². The molecule has 7 nitrogen and oxygen atoms in total. The number of H-pyrrole nitrogens is 1. The third-order valence-electron chi connectivity index (χ3n) is 7.04. The maximum absolute atomic E-state index is 12.1. The van der Waals surface area contributed by atoms with Crippen LogP contribution in [0.5, 0.6) is 5.75 Å². The van der Waals surface area contributed by atoms with Gasteiger partial charge in [0, 0.05) is 29.4 Å². The molecule has 0 bridgehead atoms. The van der Waals surface area contributed by atoms with Crippen molar-refractivity contribution >= 4 is 22.3 Å². The number of pyridine rings is 1. The summed E-state index contributed by atoms with van der Waals surface area (Å²) in [7, 11) is 0. The van der Waals surface area contributed by atoms with Crippen LogP contribution in [0.4, 0.5) is 11.4 Å². The van der Waals surface area contributed by atoms with Crippen LogP contribution < -0.4 is 26.7 Å². The highest BCUT2D eigenvalue weighted by Crippen LogP contribution is 2.30. The normalized spacial score (nSPS) is 11.9. The topological polar surface area (TPSA) is 112 Å². The fraction of sp³-hybridized carbons (Fsp3) is 0.206. The van der Waals surface area contributed by atoms with Crippen LogP contribution in [0.3, 0.4) is 0 Å². The smallest absolute Gasteiger partial charge is 0.248 e. The van der Waals surface area contributed by atoms with Crippen LogP contribution in [0.2, 0.25) is 0 Å². The van der Waals surface area contributed by atoms with Gasteiger partial charge in [-0.05, 0) is 84.6 Å². The summed E-state index contributed by atoms with van der Waals surface area (Å²) in [6.07, 6.45) is 0.976. The van der Waals surface area contributed by atoms with E-state index in [1.54, 1.807) is 6.07 Å². The van der Waals surface area contributed by atoms with Gasteiger partial charge >= 0.3 is 0 Å². The van der Waals surface area contributed by atoms with Crippen molar-refractivity contribution in [1.82, 2.24) is 10.3 Å². The highest BCUT2D eigenvalue weighted by molar-refractivity contribution is 5.87. The molecule has 5 rings (SSSR count). The van der Waals surface area contributed by atoms with Gasteiger partial charge in [-0.3, -0.25) is 4.79 Å². The van der Waals surface area contributed by atoms with Crippen molar-refractivity contribution in [2.75, 3.05) is 25.0 Å². The first-order valence-corrected chi connectivity index (χ1v) is 14.0. The lowest BCUT2D eigenvalue weighted by atomic mass is 10.0. The van der Waals surface area contributed by atoms with Crippen LogP contribution in [0.1, 0.15) is 28.4 Å². The quantitative estimate of drug-likeness (QED) is 0.129. The highest BCUT2D eigenvalue weighted by Gasteiger charge is 2.15. The Hall–Kier alpha value is -4.43. The standard InChI is InChI=1S/C34H36N4O3/c35-20-18-24-6-10-27(11-7-24)37-28-12-8-25(9-13-28)19-21-36-22-31(39)29-14-16-32(34-30(29)15-17-33(40)38-34)41-23-26-4-2-1-3-5-26/h1-17,31,36-37,39H,18-23,35H2,(H,38,40)/t31-/m0/s1. The molecule has 0 fully saturated rings. The Balaban J connectivity index is 1.14. The molecule has 210 valence electrons. The molecule has 6 N–H and O–H groups in total. The Morgan fingerprint density at radius 2 is 1.46 bits per heavy atom. The second-order valence-electron chi connectivity index (χ2n) is 10.1. The van der Waals surface area contributed by atoms with E-state index in [4.69, 9.17) is 10.5 Å². The molecule has 0 spiro atoms. The number of hydrogen-bond donors (Lipinski definition) is 5. The Morgan fingerprint density at radius 3 is 2.15 bits per heavy atom. The van der Waals surface area contributed by atoms with Crippen LogP contribution in [0, 0.1) is 0 Å². The molecule has 4 aromatic carbocycles. The SMILES string of the molecule is NCCc1ccc(Nc2ccc(CCNC[C@H](O)c3ccc(OCc4ccccc4)c4[nH]c(=O)ccc34)cc2)cc1. The van der Waals surface area contributed by atoms with Gasteiger partial charge in [0.05, 0.1) is 11.6 Å². The molecule has 0 amide bonds. The van der Waals surface area contributed by atoms with E-state index in [2.05, 4.69) is 64.1 Å². The minimum atomic E-state index is -0.741. The number of nitrogens with one attached hydrogen (secondary N) is 3. The summed E-state index contributed by atoms with van der Waals surface area (Å²) in [5.41, 5.74) is 12.3. The minimum Gasteiger partial charge on any atom is -0.487 e. The van der Waals surface area contributed by atoms with E-state index in [1.165, 1.54) is 17.2 Å². The number of anilines is 2. The Kier molecular flexibility index (Phi) is 9.44. The van der Waals surface area contributed by atoms with E-state index in [0.717, 1.165) is 47.3 Å². The monoisotopic (exact) mass is 548 g/mol. The zero-order chi connectivity index (χ0) is 28.4. The molecule has 5 aromatic rings. The van der Waals surface area contributed by atoms with Crippen molar-refractivity contribution in [3.63, 3.8) is 0 Å². The van der Waals surface area contributed by atoms with E-state index in [-0.39, 0.29) is 5.56 Å². The molecule has 1 atom stereocenters. The number of fused-ring (bicyclic) bond motifs is 1. The average Bonchev–Trinajstić information content (AvgIpc) is 3.00. The zero-order valence-electron chi connectivity index (χ0n) is 23.0. The second-order valence-corrected chi connectivity index (χ2v) is 10.1. The number of aliphatic hydroxyl groups is 1. The van der Waals surface area contributed by atoms with Crippen molar-refractivity contribution in [1.29, 1.82) is 0 Å². The summed E-state index contributed by atoms with van der Waals surface area (Å²) in [6, 6.07) is 33.5. The molecule has 0 aliphatic rings. The number of aromatic nitrogens is 1. The lowest BCUT2D eigenvalue weighted by molar-refractivity contribution is 0.176. The molecule has 0 aliphatic heterocycles. The summed E-state index contributed by atoms with van der Waals surface area (Å²) in [4.78, 5) is 15.0. The van der Waals surface area contributed by atoms with Gasteiger partial charge in [-0.2, -0.15) is 0 Å². The van der Waals surface area contributed by atoms with E-state index in [0.29, 0.717) is 31.0 Å². The third kappa shape index (κ3) is 7.61. The summed E-state index contributed by atoms with van der Waals surface area (Å²) < 4.78 is 6.02.